The Morgan fingerprint density at radius 2 is 1.60 bits per heavy atom. The molecular formula is C17H34N2O. The first kappa shape index (κ1) is 17.5. The van der Waals surface area contributed by atoms with Gasteiger partial charge in [-0.1, -0.05) is 71.1 Å². The summed E-state index contributed by atoms with van der Waals surface area (Å²) in [5, 5.41) is 9.93. The standard InChI is InChI=1S/C17H34N2O/c1-2-3-4-5-6-7-8-9-10-11-12-17(20)15-19-14-13-18-16-19/h16-17,20H,2-15H2,1H3. The van der Waals surface area contributed by atoms with Gasteiger partial charge in [-0.15, -0.1) is 0 Å². The van der Waals surface area contributed by atoms with E-state index in [0.29, 0.717) is 0 Å². The van der Waals surface area contributed by atoms with Crippen molar-refractivity contribution in [3.05, 3.63) is 0 Å². The highest BCUT2D eigenvalue weighted by atomic mass is 16.3. The summed E-state index contributed by atoms with van der Waals surface area (Å²) in [5.74, 6) is 0. The Morgan fingerprint density at radius 1 is 1.00 bits per heavy atom. The molecule has 0 bridgehead atoms. The highest BCUT2D eigenvalue weighted by Gasteiger charge is 2.11. The lowest BCUT2D eigenvalue weighted by Gasteiger charge is -2.18. The molecule has 0 aromatic carbocycles. The molecule has 1 aliphatic rings. The van der Waals surface area contributed by atoms with Crippen LogP contribution in [-0.4, -0.2) is 42.1 Å². The molecule has 20 heavy (non-hydrogen) atoms. The van der Waals surface area contributed by atoms with Crippen LogP contribution in [0.2, 0.25) is 0 Å². The van der Waals surface area contributed by atoms with Gasteiger partial charge < -0.3 is 10.0 Å². The number of aliphatic imine (C=N–C) groups is 1. The van der Waals surface area contributed by atoms with Crippen molar-refractivity contribution >= 4 is 6.34 Å². The Hall–Kier alpha value is -0.570. The molecule has 0 aromatic rings. The van der Waals surface area contributed by atoms with E-state index < -0.39 is 0 Å². The first-order valence-electron chi connectivity index (χ1n) is 8.75. The molecule has 3 heteroatoms. The van der Waals surface area contributed by atoms with Crippen LogP contribution in [0.5, 0.6) is 0 Å². The highest BCUT2D eigenvalue weighted by Crippen LogP contribution is 2.12. The van der Waals surface area contributed by atoms with Gasteiger partial charge in [0.15, 0.2) is 0 Å². The SMILES string of the molecule is CCCCCCCCCCCCC(O)CN1C=NCC1. The minimum Gasteiger partial charge on any atom is -0.391 e. The molecule has 118 valence electrons. The van der Waals surface area contributed by atoms with Gasteiger partial charge in [0.1, 0.15) is 0 Å². The fourth-order valence-electron chi connectivity index (χ4n) is 2.78. The normalized spacial score (nSPS) is 16.0. The lowest BCUT2D eigenvalue weighted by molar-refractivity contribution is 0.135. The Morgan fingerprint density at radius 3 is 2.15 bits per heavy atom. The molecular weight excluding hydrogens is 248 g/mol. The summed E-state index contributed by atoms with van der Waals surface area (Å²) in [6.07, 6.45) is 16.2. The third-order valence-corrected chi connectivity index (χ3v) is 4.10. The van der Waals surface area contributed by atoms with E-state index >= 15 is 0 Å². The highest BCUT2D eigenvalue weighted by molar-refractivity contribution is 5.56. The third kappa shape index (κ3) is 9.35. The topological polar surface area (TPSA) is 35.8 Å². The van der Waals surface area contributed by atoms with Gasteiger partial charge in [-0.2, -0.15) is 0 Å². The quantitative estimate of drug-likeness (QED) is 0.518. The number of rotatable bonds is 13. The maximum absolute atomic E-state index is 9.93. The fraction of sp³-hybridized carbons (Fsp3) is 0.941. The Bertz CT molecular complexity index is 243. The largest absolute Gasteiger partial charge is 0.391 e. The smallest absolute Gasteiger partial charge is 0.0852 e. The minimum atomic E-state index is -0.173. The average Bonchev–Trinajstić information content (AvgIpc) is 2.93. The maximum Gasteiger partial charge on any atom is 0.0852 e. The van der Waals surface area contributed by atoms with Crippen LogP contribution >= 0.6 is 0 Å². The van der Waals surface area contributed by atoms with E-state index in [4.69, 9.17) is 0 Å². The van der Waals surface area contributed by atoms with Gasteiger partial charge in [0.05, 0.1) is 19.0 Å². The molecule has 0 spiro atoms. The van der Waals surface area contributed by atoms with E-state index in [1.807, 2.05) is 6.34 Å². The van der Waals surface area contributed by atoms with Gasteiger partial charge in [0, 0.05) is 13.1 Å². The number of aliphatic hydroxyl groups is 1. The van der Waals surface area contributed by atoms with E-state index in [2.05, 4.69) is 16.8 Å². The molecule has 0 saturated carbocycles. The molecule has 0 amide bonds. The van der Waals surface area contributed by atoms with Gasteiger partial charge in [-0.3, -0.25) is 4.99 Å². The molecule has 0 aromatic heterocycles. The Kier molecular flexibility index (Phi) is 10.7. The fourth-order valence-corrected chi connectivity index (χ4v) is 2.78. The monoisotopic (exact) mass is 282 g/mol. The van der Waals surface area contributed by atoms with Gasteiger partial charge in [-0.25, -0.2) is 0 Å². The number of β-amino-alcohol motifs (C(OH)–C–C–N with tert-alkyl or cyclic N) is 1. The van der Waals surface area contributed by atoms with Crippen LogP contribution in [-0.2, 0) is 0 Å². The Labute approximate surface area is 125 Å². The molecule has 0 radical (unpaired) electrons. The van der Waals surface area contributed by atoms with Crippen molar-refractivity contribution in [2.75, 3.05) is 19.6 Å². The molecule has 1 atom stereocenters. The number of aliphatic hydroxyl groups excluding tert-OH is 1. The van der Waals surface area contributed by atoms with E-state index in [-0.39, 0.29) is 6.10 Å². The summed E-state index contributed by atoms with van der Waals surface area (Å²) in [4.78, 5) is 6.29. The van der Waals surface area contributed by atoms with Crippen LogP contribution in [0.25, 0.3) is 0 Å². The van der Waals surface area contributed by atoms with Crippen molar-refractivity contribution < 1.29 is 5.11 Å². The minimum absolute atomic E-state index is 0.173. The van der Waals surface area contributed by atoms with Gasteiger partial charge in [0.2, 0.25) is 0 Å². The lowest BCUT2D eigenvalue weighted by Crippen LogP contribution is -2.30. The number of unbranched alkanes of at least 4 members (excludes halogenated alkanes) is 9. The van der Waals surface area contributed by atoms with Gasteiger partial charge >= 0.3 is 0 Å². The predicted molar refractivity (Wildman–Crippen MR) is 87.4 cm³/mol. The van der Waals surface area contributed by atoms with Crippen molar-refractivity contribution in [3.63, 3.8) is 0 Å². The van der Waals surface area contributed by atoms with Crippen molar-refractivity contribution in [1.29, 1.82) is 0 Å². The van der Waals surface area contributed by atoms with E-state index in [0.717, 1.165) is 26.1 Å². The summed E-state index contributed by atoms with van der Waals surface area (Å²) in [6, 6.07) is 0. The van der Waals surface area contributed by atoms with Crippen LogP contribution in [0, 0.1) is 0 Å². The van der Waals surface area contributed by atoms with Crippen LogP contribution < -0.4 is 0 Å². The zero-order valence-corrected chi connectivity index (χ0v) is 13.4. The van der Waals surface area contributed by atoms with Crippen molar-refractivity contribution in [2.24, 2.45) is 4.99 Å². The number of hydrogen-bond donors (Lipinski definition) is 1. The van der Waals surface area contributed by atoms with Crippen molar-refractivity contribution in [3.8, 4) is 0 Å². The molecule has 1 unspecified atom stereocenters. The van der Waals surface area contributed by atoms with E-state index in [1.54, 1.807) is 0 Å². The second kappa shape index (κ2) is 12.2. The lowest BCUT2D eigenvalue weighted by atomic mass is 10.0. The van der Waals surface area contributed by atoms with Crippen LogP contribution in [0.4, 0.5) is 0 Å². The van der Waals surface area contributed by atoms with E-state index in [1.165, 1.54) is 64.2 Å². The van der Waals surface area contributed by atoms with Crippen LogP contribution in [0.1, 0.15) is 77.6 Å². The second-order valence-corrected chi connectivity index (χ2v) is 6.14. The molecule has 0 aliphatic carbocycles. The molecule has 0 fully saturated rings. The predicted octanol–water partition coefficient (Wildman–Crippen LogP) is 4.00. The van der Waals surface area contributed by atoms with Crippen molar-refractivity contribution in [2.45, 2.75) is 83.7 Å². The Balaban J connectivity index is 1.78. The maximum atomic E-state index is 9.93. The van der Waals surface area contributed by atoms with Crippen molar-refractivity contribution in [1.82, 2.24) is 4.90 Å². The number of nitrogens with zero attached hydrogens (tertiary/aromatic N) is 2. The molecule has 1 aliphatic heterocycles. The summed E-state index contributed by atoms with van der Waals surface area (Å²) in [6.45, 7) is 4.91. The van der Waals surface area contributed by atoms with Gasteiger partial charge in [-0.05, 0) is 6.42 Å². The van der Waals surface area contributed by atoms with Gasteiger partial charge in [0.25, 0.3) is 0 Å². The second-order valence-electron chi connectivity index (χ2n) is 6.14. The first-order valence-corrected chi connectivity index (χ1v) is 8.75. The zero-order valence-electron chi connectivity index (χ0n) is 13.4. The molecule has 1 N–H and O–H groups in total. The summed E-state index contributed by atoms with van der Waals surface area (Å²) < 4.78 is 0. The molecule has 1 heterocycles. The summed E-state index contributed by atoms with van der Waals surface area (Å²) in [7, 11) is 0. The summed E-state index contributed by atoms with van der Waals surface area (Å²) >= 11 is 0. The summed E-state index contributed by atoms with van der Waals surface area (Å²) in [5.41, 5.74) is 0. The zero-order chi connectivity index (χ0) is 14.5. The molecule has 0 saturated heterocycles. The van der Waals surface area contributed by atoms with E-state index in [9.17, 15) is 5.11 Å². The number of hydrogen-bond acceptors (Lipinski definition) is 3. The van der Waals surface area contributed by atoms with Crippen LogP contribution in [0.3, 0.4) is 0 Å². The molecule has 3 nitrogen and oxygen atoms in total. The van der Waals surface area contributed by atoms with Crippen LogP contribution in [0.15, 0.2) is 4.99 Å². The first-order chi connectivity index (χ1) is 9.83. The average molecular weight is 282 g/mol. The third-order valence-electron chi connectivity index (χ3n) is 4.10. The molecule has 1 rings (SSSR count).